The van der Waals surface area contributed by atoms with Crippen molar-refractivity contribution in [3.63, 3.8) is 0 Å². The number of hydrogen-bond donors (Lipinski definition) is 0. The molecule has 36 heavy (non-hydrogen) atoms. The molecule has 0 aliphatic heterocycles. The fourth-order valence-corrected chi connectivity index (χ4v) is 5.46. The standard InChI is InChI=1S/C34H25FO/c1-3-24-9-17-28(18-10-24)36-29-19-13-26(14-20-29)34(25-11-15-27(35)16-12-25)32-7-5-4-6-30(32)31-21-8-23(2)22-33(31)34/h3-22H,1H2,2H3. The average Bonchev–Trinajstić information content (AvgIpc) is 3.20. The maximum Gasteiger partial charge on any atom is 0.127 e. The molecule has 0 spiro atoms. The Labute approximate surface area is 211 Å². The summed E-state index contributed by atoms with van der Waals surface area (Å²) in [4.78, 5) is 0. The van der Waals surface area contributed by atoms with Crippen molar-refractivity contribution in [1.82, 2.24) is 0 Å². The Hall–Kier alpha value is -4.43. The highest BCUT2D eigenvalue weighted by Gasteiger charge is 2.46. The minimum absolute atomic E-state index is 0.240. The molecular weight excluding hydrogens is 443 g/mol. The van der Waals surface area contributed by atoms with Crippen molar-refractivity contribution in [1.29, 1.82) is 0 Å². The smallest absolute Gasteiger partial charge is 0.127 e. The second kappa shape index (κ2) is 8.66. The Bertz CT molecular complexity index is 1560. The maximum absolute atomic E-state index is 14.0. The van der Waals surface area contributed by atoms with Crippen LogP contribution >= 0.6 is 0 Å². The Morgan fingerprint density at radius 3 is 1.92 bits per heavy atom. The Kier molecular flexibility index (Phi) is 5.30. The first-order chi connectivity index (χ1) is 17.6. The van der Waals surface area contributed by atoms with E-state index in [4.69, 9.17) is 4.74 Å². The third-order valence-electron chi connectivity index (χ3n) is 7.12. The predicted octanol–water partition coefficient (Wildman–Crippen LogP) is 8.93. The molecule has 0 radical (unpaired) electrons. The van der Waals surface area contributed by atoms with Crippen LogP contribution in [0.15, 0.2) is 122 Å². The van der Waals surface area contributed by atoms with Crippen LogP contribution < -0.4 is 4.74 Å². The molecule has 5 aromatic carbocycles. The van der Waals surface area contributed by atoms with Gasteiger partial charge >= 0.3 is 0 Å². The number of aryl methyl sites for hydroxylation is 1. The summed E-state index contributed by atoms with van der Waals surface area (Å²) in [7, 11) is 0. The second-order valence-electron chi connectivity index (χ2n) is 9.25. The van der Waals surface area contributed by atoms with E-state index in [9.17, 15) is 4.39 Å². The summed E-state index contributed by atoms with van der Waals surface area (Å²) >= 11 is 0. The molecule has 174 valence electrons. The molecule has 0 heterocycles. The molecule has 0 aromatic heterocycles. The van der Waals surface area contributed by atoms with E-state index in [0.29, 0.717) is 0 Å². The zero-order valence-corrected chi connectivity index (χ0v) is 20.0. The molecule has 2 heteroatoms. The van der Waals surface area contributed by atoms with E-state index in [-0.39, 0.29) is 5.82 Å². The molecule has 0 saturated heterocycles. The molecule has 0 N–H and O–H groups in total. The van der Waals surface area contributed by atoms with E-state index in [1.54, 1.807) is 12.1 Å². The van der Waals surface area contributed by atoms with E-state index < -0.39 is 5.41 Å². The van der Waals surface area contributed by atoms with Gasteiger partial charge in [0.2, 0.25) is 0 Å². The van der Waals surface area contributed by atoms with E-state index in [0.717, 1.165) is 28.2 Å². The largest absolute Gasteiger partial charge is 0.457 e. The SMILES string of the molecule is C=Cc1ccc(Oc2ccc(C3(c4ccc(F)cc4)c4ccccc4-c4ccc(C)cc43)cc2)cc1. The molecule has 5 aromatic rings. The molecule has 6 rings (SSSR count). The summed E-state index contributed by atoms with van der Waals surface area (Å²) in [5, 5.41) is 0. The maximum atomic E-state index is 14.0. The molecule has 0 amide bonds. The lowest BCUT2D eigenvalue weighted by Crippen LogP contribution is -2.28. The molecule has 1 atom stereocenters. The van der Waals surface area contributed by atoms with Crippen molar-refractivity contribution >= 4 is 6.08 Å². The topological polar surface area (TPSA) is 9.23 Å². The number of benzene rings is 5. The highest BCUT2D eigenvalue weighted by Crippen LogP contribution is 2.56. The van der Waals surface area contributed by atoms with Gasteiger partial charge in [-0.2, -0.15) is 0 Å². The van der Waals surface area contributed by atoms with E-state index in [2.05, 4.69) is 68.1 Å². The molecule has 1 unspecified atom stereocenters. The number of fused-ring (bicyclic) bond motifs is 3. The lowest BCUT2D eigenvalue weighted by atomic mass is 9.67. The van der Waals surface area contributed by atoms with Crippen LogP contribution in [0.1, 0.15) is 33.4 Å². The van der Waals surface area contributed by atoms with E-state index in [1.165, 1.54) is 27.8 Å². The van der Waals surface area contributed by atoms with Gasteiger partial charge in [-0.15, -0.1) is 0 Å². The number of hydrogen-bond acceptors (Lipinski definition) is 1. The average molecular weight is 469 g/mol. The highest BCUT2D eigenvalue weighted by atomic mass is 19.1. The van der Waals surface area contributed by atoms with Gasteiger partial charge < -0.3 is 4.74 Å². The van der Waals surface area contributed by atoms with Gasteiger partial charge in [0.1, 0.15) is 17.3 Å². The van der Waals surface area contributed by atoms with Crippen LogP contribution in [-0.4, -0.2) is 0 Å². The van der Waals surface area contributed by atoms with Crippen LogP contribution in [0.2, 0.25) is 0 Å². The first kappa shape index (κ1) is 22.1. The van der Waals surface area contributed by atoms with Crippen LogP contribution in [0.5, 0.6) is 11.5 Å². The Balaban J connectivity index is 1.53. The van der Waals surface area contributed by atoms with Crippen molar-refractivity contribution in [2.45, 2.75) is 12.3 Å². The van der Waals surface area contributed by atoms with Crippen LogP contribution in [0.4, 0.5) is 4.39 Å². The van der Waals surface area contributed by atoms with E-state index >= 15 is 0 Å². The van der Waals surface area contributed by atoms with Gasteiger partial charge in [0.25, 0.3) is 0 Å². The normalized spacial score (nSPS) is 15.7. The van der Waals surface area contributed by atoms with Crippen LogP contribution in [0.25, 0.3) is 17.2 Å². The van der Waals surface area contributed by atoms with Crippen LogP contribution in [-0.2, 0) is 5.41 Å². The highest BCUT2D eigenvalue weighted by molar-refractivity contribution is 5.86. The second-order valence-corrected chi connectivity index (χ2v) is 9.25. The lowest BCUT2D eigenvalue weighted by Gasteiger charge is -2.34. The zero-order chi connectivity index (χ0) is 24.7. The molecule has 0 fully saturated rings. The Morgan fingerprint density at radius 2 is 1.25 bits per heavy atom. The van der Waals surface area contributed by atoms with Gasteiger partial charge in [-0.3, -0.25) is 0 Å². The summed E-state index contributed by atoms with van der Waals surface area (Å²) in [5.74, 6) is 1.29. The molecule has 0 saturated carbocycles. The van der Waals surface area contributed by atoms with Crippen molar-refractivity contribution in [3.8, 4) is 22.6 Å². The molecule has 1 aliphatic carbocycles. The van der Waals surface area contributed by atoms with Crippen molar-refractivity contribution in [2.75, 3.05) is 0 Å². The monoisotopic (exact) mass is 468 g/mol. The van der Waals surface area contributed by atoms with Crippen LogP contribution in [0.3, 0.4) is 0 Å². The van der Waals surface area contributed by atoms with Crippen molar-refractivity contribution in [2.24, 2.45) is 0 Å². The van der Waals surface area contributed by atoms with Crippen molar-refractivity contribution in [3.05, 3.63) is 161 Å². The fraction of sp³-hybridized carbons (Fsp3) is 0.0588. The lowest BCUT2D eigenvalue weighted by molar-refractivity contribution is 0.482. The van der Waals surface area contributed by atoms with Gasteiger partial charge in [0.15, 0.2) is 0 Å². The third-order valence-corrected chi connectivity index (χ3v) is 7.12. The summed E-state index contributed by atoms with van der Waals surface area (Å²) in [6.07, 6.45) is 1.81. The van der Waals surface area contributed by atoms with Gasteiger partial charge in [0.05, 0.1) is 5.41 Å². The zero-order valence-electron chi connectivity index (χ0n) is 20.0. The fourth-order valence-electron chi connectivity index (χ4n) is 5.46. The van der Waals surface area contributed by atoms with Crippen LogP contribution in [0, 0.1) is 12.7 Å². The summed E-state index contributed by atoms with van der Waals surface area (Å²) < 4.78 is 20.2. The summed E-state index contributed by atoms with van der Waals surface area (Å²) in [5.41, 5.74) is 8.66. The van der Waals surface area contributed by atoms with Gasteiger partial charge in [-0.1, -0.05) is 97.1 Å². The first-order valence-corrected chi connectivity index (χ1v) is 12.1. The molecule has 1 nitrogen and oxygen atoms in total. The third kappa shape index (κ3) is 3.46. The minimum atomic E-state index is -0.560. The molecule has 0 bridgehead atoms. The predicted molar refractivity (Wildman–Crippen MR) is 145 cm³/mol. The molecular formula is C34H25FO. The number of rotatable bonds is 5. The first-order valence-electron chi connectivity index (χ1n) is 12.1. The van der Waals surface area contributed by atoms with Gasteiger partial charge in [-0.05, 0) is 82.3 Å². The van der Waals surface area contributed by atoms with E-state index in [1.807, 2.05) is 54.6 Å². The molecule has 1 aliphatic rings. The summed E-state index contributed by atoms with van der Waals surface area (Å²) in [6.45, 7) is 5.92. The Morgan fingerprint density at radius 1 is 0.667 bits per heavy atom. The minimum Gasteiger partial charge on any atom is -0.457 e. The van der Waals surface area contributed by atoms with Crippen molar-refractivity contribution < 1.29 is 9.13 Å². The van der Waals surface area contributed by atoms with Gasteiger partial charge in [0, 0.05) is 0 Å². The quantitative estimate of drug-likeness (QED) is 0.245. The van der Waals surface area contributed by atoms with Gasteiger partial charge in [-0.25, -0.2) is 4.39 Å². The number of ether oxygens (including phenoxy) is 1. The number of halogens is 1. The summed E-state index contributed by atoms with van der Waals surface area (Å²) in [6, 6.07) is 38.2.